The lowest BCUT2D eigenvalue weighted by molar-refractivity contribution is -0.140. The molecule has 3 aromatic rings. The number of benzene rings is 3. The maximum atomic E-state index is 14.0. The number of nitrogens with zero attached hydrogens (tertiary/aromatic N) is 2. The van der Waals surface area contributed by atoms with Gasteiger partial charge >= 0.3 is 0 Å². The number of methoxy groups -OCH3 is 1. The van der Waals surface area contributed by atoms with Crippen LogP contribution in [0.5, 0.6) is 5.75 Å². The molecule has 3 aromatic carbocycles. The molecule has 208 valence electrons. The predicted molar refractivity (Wildman–Crippen MR) is 154 cm³/mol. The maximum Gasteiger partial charge on any atom is 0.264 e. The van der Waals surface area contributed by atoms with E-state index in [2.05, 4.69) is 5.32 Å². The monoisotopic (exact) mass is 571 g/mol. The van der Waals surface area contributed by atoms with E-state index in [1.54, 1.807) is 63.4 Å². The van der Waals surface area contributed by atoms with Crippen LogP contribution in [-0.4, -0.2) is 51.9 Å². The first-order chi connectivity index (χ1) is 18.5. The molecule has 0 aliphatic carbocycles. The van der Waals surface area contributed by atoms with Gasteiger partial charge in [0.1, 0.15) is 18.3 Å². The van der Waals surface area contributed by atoms with E-state index in [0.29, 0.717) is 22.8 Å². The number of likely N-dealkylation sites (N-methyl/N-ethyl adjacent to an activating group) is 1. The first kappa shape index (κ1) is 30.0. The first-order valence-electron chi connectivity index (χ1n) is 12.5. The number of carbonyl (C=O) groups is 2. The summed E-state index contributed by atoms with van der Waals surface area (Å²) in [4.78, 5) is 28.3. The van der Waals surface area contributed by atoms with E-state index in [-0.39, 0.29) is 23.0 Å². The van der Waals surface area contributed by atoms with E-state index in [9.17, 15) is 18.0 Å². The van der Waals surface area contributed by atoms with Crippen LogP contribution in [0.15, 0.2) is 71.6 Å². The summed E-state index contributed by atoms with van der Waals surface area (Å²) in [5, 5.41) is 2.95. The number of hydrogen-bond acceptors (Lipinski definition) is 5. The molecule has 3 rings (SSSR count). The van der Waals surface area contributed by atoms with Crippen LogP contribution in [0.3, 0.4) is 0 Å². The minimum Gasteiger partial charge on any atom is -0.497 e. The van der Waals surface area contributed by atoms with Crippen LogP contribution < -0.4 is 14.4 Å². The molecule has 0 radical (unpaired) electrons. The molecule has 0 saturated carbocycles. The third kappa shape index (κ3) is 7.10. The van der Waals surface area contributed by atoms with Crippen molar-refractivity contribution in [1.82, 2.24) is 10.2 Å². The normalized spacial score (nSPS) is 11.9. The first-order valence-corrected chi connectivity index (χ1v) is 14.3. The van der Waals surface area contributed by atoms with Crippen molar-refractivity contribution in [2.75, 3.05) is 25.0 Å². The van der Waals surface area contributed by atoms with Crippen LogP contribution in [0, 0.1) is 13.8 Å². The molecule has 2 amide bonds. The van der Waals surface area contributed by atoms with Gasteiger partial charge in [0.05, 0.1) is 17.7 Å². The zero-order valence-corrected chi connectivity index (χ0v) is 24.3. The Morgan fingerprint density at radius 3 is 2.33 bits per heavy atom. The van der Waals surface area contributed by atoms with Crippen molar-refractivity contribution in [3.05, 3.63) is 88.4 Å². The molecule has 10 heteroatoms. The molecule has 0 aliphatic heterocycles. The Morgan fingerprint density at radius 2 is 1.72 bits per heavy atom. The highest BCUT2D eigenvalue weighted by Crippen LogP contribution is 2.30. The Bertz CT molecular complexity index is 1430. The van der Waals surface area contributed by atoms with Gasteiger partial charge in [-0.25, -0.2) is 8.42 Å². The fourth-order valence-corrected chi connectivity index (χ4v) is 5.89. The quantitative estimate of drug-likeness (QED) is 0.359. The van der Waals surface area contributed by atoms with Crippen LogP contribution >= 0.6 is 11.6 Å². The van der Waals surface area contributed by atoms with E-state index in [1.165, 1.54) is 30.1 Å². The second kappa shape index (κ2) is 13.0. The fraction of sp³-hybridized carbons (Fsp3) is 0.310. The highest BCUT2D eigenvalue weighted by molar-refractivity contribution is 7.92. The van der Waals surface area contributed by atoms with Crippen molar-refractivity contribution >= 4 is 39.1 Å². The second-order valence-electron chi connectivity index (χ2n) is 9.17. The summed E-state index contributed by atoms with van der Waals surface area (Å²) in [6.45, 7) is 4.96. The number of ether oxygens (including phenoxy) is 1. The number of hydrogen-bond donors (Lipinski definition) is 1. The van der Waals surface area contributed by atoms with E-state index >= 15 is 0 Å². The van der Waals surface area contributed by atoms with Crippen LogP contribution in [0.1, 0.15) is 30.0 Å². The summed E-state index contributed by atoms with van der Waals surface area (Å²) in [5.41, 5.74) is 2.54. The lowest BCUT2D eigenvalue weighted by Gasteiger charge is -2.33. The van der Waals surface area contributed by atoms with Gasteiger partial charge in [0.15, 0.2) is 0 Å². The lowest BCUT2D eigenvalue weighted by atomic mass is 10.1. The number of carbonyl (C=O) groups excluding carboxylic acids is 2. The molecule has 0 heterocycles. The molecule has 0 aliphatic rings. The van der Waals surface area contributed by atoms with Gasteiger partial charge < -0.3 is 15.0 Å². The zero-order valence-electron chi connectivity index (χ0n) is 22.8. The molecule has 0 fully saturated rings. The molecule has 0 bridgehead atoms. The van der Waals surface area contributed by atoms with Crippen LogP contribution in [-0.2, 0) is 26.2 Å². The van der Waals surface area contributed by atoms with Gasteiger partial charge in [0.2, 0.25) is 11.8 Å². The molecular formula is C29H34ClN3O5S. The summed E-state index contributed by atoms with van der Waals surface area (Å²) in [6, 6.07) is 17.7. The third-order valence-corrected chi connectivity index (χ3v) is 8.46. The second-order valence-corrected chi connectivity index (χ2v) is 11.5. The Morgan fingerprint density at radius 1 is 1.03 bits per heavy atom. The van der Waals surface area contributed by atoms with Gasteiger partial charge in [0.25, 0.3) is 10.0 Å². The van der Waals surface area contributed by atoms with Gasteiger partial charge in [-0.15, -0.1) is 0 Å². The summed E-state index contributed by atoms with van der Waals surface area (Å²) in [6.07, 6.45) is 0.330. The van der Waals surface area contributed by atoms with E-state index in [4.69, 9.17) is 16.3 Å². The third-order valence-electron chi connectivity index (χ3n) is 6.45. The van der Waals surface area contributed by atoms with E-state index in [1.807, 2.05) is 13.0 Å². The molecule has 8 nitrogen and oxygen atoms in total. The summed E-state index contributed by atoms with van der Waals surface area (Å²) < 4.78 is 34.3. The standard InChI is InChI=1S/C29H34ClN3O5S/c1-6-26(29(35)31-4)32(18-22-8-7-9-24(16-22)38-5)28(34)19-33(27-17-23(30)13-12-21(27)3)39(36,37)25-14-10-20(2)11-15-25/h7-17,26H,6,18-19H2,1-5H3,(H,31,35). The van der Waals surface area contributed by atoms with Gasteiger partial charge in [-0.2, -0.15) is 0 Å². The van der Waals surface area contributed by atoms with E-state index < -0.39 is 28.5 Å². The van der Waals surface area contributed by atoms with Crippen LogP contribution in [0.2, 0.25) is 5.02 Å². The fourth-order valence-electron chi connectivity index (χ4n) is 4.26. The number of sulfonamides is 1. The highest BCUT2D eigenvalue weighted by atomic mass is 35.5. The molecule has 1 atom stereocenters. The minimum absolute atomic E-state index is 0.0398. The number of aryl methyl sites for hydroxylation is 2. The van der Waals surface area contributed by atoms with Gasteiger partial charge in [-0.05, 0) is 67.8 Å². The molecule has 39 heavy (non-hydrogen) atoms. The number of anilines is 1. The SMILES string of the molecule is CCC(C(=O)NC)N(Cc1cccc(OC)c1)C(=O)CN(c1cc(Cl)ccc1C)S(=O)(=O)c1ccc(C)cc1. The highest BCUT2D eigenvalue weighted by Gasteiger charge is 2.34. The number of rotatable bonds is 11. The van der Waals surface area contributed by atoms with Gasteiger partial charge in [-0.3, -0.25) is 13.9 Å². The van der Waals surface area contributed by atoms with Crippen molar-refractivity contribution in [2.45, 2.75) is 44.7 Å². The maximum absolute atomic E-state index is 14.0. The summed E-state index contributed by atoms with van der Waals surface area (Å²) in [5.74, 6) is -0.282. The average molecular weight is 572 g/mol. The van der Waals surface area contributed by atoms with Crippen molar-refractivity contribution < 1.29 is 22.7 Å². The smallest absolute Gasteiger partial charge is 0.264 e. The molecule has 1 unspecified atom stereocenters. The van der Waals surface area contributed by atoms with E-state index in [0.717, 1.165) is 15.4 Å². The zero-order chi connectivity index (χ0) is 28.7. The lowest BCUT2D eigenvalue weighted by Crippen LogP contribution is -2.51. The topological polar surface area (TPSA) is 96.0 Å². The van der Waals surface area contributed by atoms with Crippen molar-refractivity contribution in [3.8, 4) is 5.75 Å². The van der Waals surface area contributed by atoms with Crippen molar-refractivity contribution in [1.29, 1.82) is 0 Å². The predicted octanol–water partition coefficient (Wildman–Crippen LogP) is 4.71. The molecular weight excluding hydrogens is 538 g/mol. The van der Waals surface area contributed by atoms with Crippen LogP contribution in [0.4, 0.5) is 5.69 Å². The largest absolute Gasteiger partial charge is 0.497 e. The average Bonchev–Trinajstić information content (AvgIpc) is 2.93. The van der Waals surface area contributed by atoms with Crippen LogP contribution in [0.25, 0.3) is 0 Å². The Labute approximate surface area is 235 Å². The molecule has 0 spiro atoms. The molecule has 0 aromatic heterocycles. The Kier molecular flexibility index (Phi) is 9.99. The minimum atomic E-state index is -4.17. The molecule has 1 N–H and O–H groups in total. The number of nitrogens with one attached hydrogen (secondary N) is 1. The Balaban J connectivity index is 2.11. The van der Waals surface area contributed by atoms with Gasteiger partial charge in [-0.1, -0.05) is 54.4 Å². The van der Waals surface area contributed by atoms with Crippen molar-refractivity contribution in [2.24, 2.45) is 0 Å². The number of halogens is 1. The number of amides is 2. The molecule has 0 saturated heterocycles. The summed E-state index contributed by atoms with van der Waals surface area (Å²) >= 11 is 6.26. The van der Waals surface area contributed by atoms with Gasteiger partial charge in [0, 0.05) is 18.6 Å². The van der Waals surface area contributed by atoms with Crippen molar-refractivity contribution in [3.63, 3.8) is 0 Å². The summed E-state index contributed by atoms with van der Waals surface area (Å²) in [7, 11) is -1.13. The Hall–Kier alpha value is -3.56.